The van der Waals surface area contributed by atoms with E-state index < -0.39 is 5.97 Å². The number of rotatable bonds is 6. The highest BCUT2D eigenvalue weighted by molar-refractivity contribution is 7.17. The third kappa shape index (κ3) is 3.91. The molecular weight excluding hydrogens is 348 g/mol. The number of carboxylic acids is 1. The number of nitrogens with zero attached hydrogens (tertiary/aromatic N) is 2. The van der Waals surface area contributed by atoms with Gasteiger partial charge in [0.1, 0.15) is 15.6 Å². The van der Waals surface area contributed by atoms with E-state index in [9.17, 15) is 9.90 Å². The van der Waals surface area contributed by atoms with Gasteiger partial charge < -0.3 is 9.84 Å². The molecule has 0 aliphatic heterocycles. The summed E-state index contributed by atoms with van der Waals surface area (Å²) in [7, 11) is 0. The van der Waals surface area contributed by atoms with Crippen molar-refractivity contribution in [3.8, 4) is 27.4 Å². The molecule has 26 heavy (non-hydrogen) atoms. The zero-order valence-electron chi connectivity index (χ0n) is 14.9. The van der Waals surface area contributed by atoms with Gasteiger partial charge >= 0.3 is 5.97 Å². The highest BCUT2D eigenvalue weighted by Crippen LogP contribution is 2.36. The summed E-state index contributed by atoms with van der Waals surface area (Å²) in [5.74, 6) is 0.262. The third-order valence-corrected chi connectivity index (χ3v) is 4.98. The Hall–Kier alpha value is -2.73. The minimum atomic E-state index is -0.947. The van der Waals surface area contributed by atoms with Gasteiger partial charge in [-0.2, -0.15) is 0 Å². The third-order valence-electron chi connectivity index (χ3n) is 3.78. The van der Waals surface area contributed by atoms with Crippen LogP contribution in [0.15, 0.2) is 42.7 Å². The Labute approximate surface area is 156 Å². The van der Waals surface area contributed by atoms with Crippen LogP contribution in [0.5, 0.6) is 5.75 Å². The Balaban J connectivity index is 2.06. The number of ether oxygens (including phenoxy) is 1. The van der Waals surface area contributed by atoms with Gasteiger partial charge in [0.2, 0.25) is 0 Å². The van der Waals surface area contributed by atoms with E-state index in [1.807, 2.05) is 30.3 Å². The smallest absolute Gasteiger partial charge is 0.347 e. The van der Waals surface area contributed by atoms with Gasteiger partial charge in [-0.25, -0.2) is 9.78 Å². The van der Waals surface area contributed by atoms with E-state index in [0.717, 1.165) is 22.4 Å². The van der Waals surface area contributed by atoms with Gasteiger partial charge in [0, 0.05) is 23.5 Å². The first kappa shape index (κ1) is 18.1. The predicted molar refractivity (Wildman–Crippen MR) is 103 cm³/mol. The largest absolute Gasteiger partial charge is 0.493 e. The number of aromatic carboxylic acids is 1. The fraction of sp³-hybridized carbons (Fsp3) is 0.250. The number of carbonyl (C=O) groups is 1. The van der Waals surface area contributed by atoms with Crippen molar-refractivity contribution in [2.45, 2.75) is 20.8 Å². The minimum absolute atomic E-state index is 0.269. The molecule has 2 heterocycles. The van der Waals surface area contributed by atoms with E-state index in [1.54, 1.807) is 19.3 Å². The van der Waals surface area contributed by atoms with Gasteiger partial charge in [0.25, 0.3) is 0 Å². The highest BCUT2D eigenvalue weighted by atomic mass is 32.1. The average molecular weight is 368 g/mol. The molecule has 0 saturated carbocycles. The van der Waals surface area contributed by atoms with Crippen LogP contribution in [0.25, 0.3) is 21.7 Å². The second-order valence-corrected chi connectivity index (χ2v) is 7.39. The van der Waals surface area contributed by atoms with Crippen molar-refractivity contribution in [2.24, 2.45) is 5.92 Å². The summed E-state index contributed by atoms with van der Waals surface area (Å²) in [5, 5.41) is 9.95. The lowest BCUT2D eigenvalue weighted by molar-refractivity contribution is 0.0701. The molecule has 0 saturated heterocycles. The summed E-state index contributed by atoms with van der Waals surface area (Å²) < 4.78 is 5.98. The normalized spacial score (nSPS) is 10.9. The van der Waals surface area contributed by atoms with E-state index in [4.69, 9.17) is 4.74 Å². The molecule has 0 aliphatic rings. The van der Waals surface area contributed by atoms with Gasteiger partial charge in [-0.15, -0.1) is 11.3 Å². The lowest BCUT2D eigenvalue weighted by atomic mass is 10.0. The first-order valence-electron chi connectivity index (χ1n) is 8.34. The lowest BCUT2D eigenvalue weighted by Gasteiger charge is -2.14. The second kappa shape index (κ2) is 7.66. The molecular formula is C20H20N2O3S. The summed E-state index contributed by atoms with van der Waals surface area (Å²) in [6.45, 7) is 6.54. The molecule has 5 nitrogen and oxygen atoms in total. The molecule has 6 heteroatoms. The van der Waals surface area contributed by atoms with Gasteiger partial charge in [0.05, 0.1) is 12.3 Å². The Kier molecular flexibility index (Phi) is 5.32. The van der Waals surface area contributed by atoms with Gasteiger partial charge in [-0.05, 0) is 48.7 Å². The van der Waals surface area contributed by atoms with Crippen molar-refractivity contribution in [2.75, 3.05) is 6.61 Å². The van der Waals surface area contributed by atoms with E-state index in [1.165, 1.54) is 11.3 Å². The molecule has 3 rings (SSSR count). The summed E-state index contributed by atoms with van der Waals surface area (Å²) in [6.07, 6.45) is 3.48. The standard InChI is InChI=1S/C20H20N2O3S/c1-12(2)11-25-17-5-4-15(10-16(17)14-6-8-21-9-7-14)19-22-13(3)18(26-19)20(23)24/h4-10,12H,11H2,1-3H3,(H,23,24). The Morgan fingerprint density at radius 2 is 1.92 bits per heavy atom. The van der Waals surface area contributed by atoms with E-state index in [0.29, 0.717) is 23.2 Å². The number of aryl methyl sites for hydroxylation is 1. The fourth-order valence-electron chi connectivity index (χ4n) is 2.52. The monoisotopic (exact) mass is 368 g/mol. The molecule has 0 spiro atoms. The zero-order chi connectivity index (χ0) is 18.7. The lowest BCUT2D eigenvalue weighted by Crippen LogP contribution is -2.05. The van der Waals surface area contributed by atoms with Crippen LogP contribution in [0.2, 0.25) is 0 Å². The second-order valence-electron chi connectivity index (χ2n) is 6.39. The Morgan fingerprint density at radius 1 is 1.19 bits per heavy atom. The van der Waals surface area contributed by atoms with Gasteiger partial charge in [-0.3, -0.25) is 4.98 Å². The van der Waals surface area contributed by atoms with Crippen molar-refractivity contribution >= 4 is 17.3 Å². The molecule has 1 N–H and O–H groups in total. The summed E-state index contributed by atoms with van der Waals surface area (Å²) >= 11 is 1.18. The highest BCUT2D eigenvalue weighted by Gasteiger charge is 2.17. The van der Waals surface area contributed by atoms with Gasteiger partial charge in [0.15, 0.2) is 0 Å². The van der Waals surface area contributed by atoms with Crippen LogP contribution in [0.3, 0.4) is 0 Å². The molecule has 0 fully saturated rings. The molecule has 0 atom stereocenters. The van der Waals surface area contributed by atoms with Crippen molar-refractivity contribution < 1.29 is 14.6 Å². The average Bonchev–Trinajstić information content (AvgIpc) is 3.02. The molecule has 1 aromatic carbocycles. The maximum Gasteiger partial charge on any atom is 0.347 e. The first-order valence-corrected chi connectivity index (χ1v) is 9.15. The number of aromatic nitrogens is 2. The molecule has 2 aromatic heterocycles. The van der Waals surface area contributed by atoms with Crippen LogP contribution in [0.4, 0.5) is 0 Å². The van der Waals surface area contributed by atoms with Crippen molar-refractivity contribution in [1.29, 1.82) is 0 Å². The van der Waals surface area contributed by atoms with Crippen LogP contribution in [-0.2, 0) is 0 Å². The first-order chi connectivity index (χ1) is 12.5. The Morgan fingerprint density at radius 3 is 2.54 bits per heavy atom. The number of thiazole rings is 1. The van der Waals surface area contributed by atoms with Crippen LogP contribution >= 0.6 is 11.3 Å². The zero-order valence-corrected chi connectivity index (χ0v) is 15.7. The topological polar surface area (TPSA) is 72.3 Å². The molecule has 0 unspecified atom stereocenters. The number of hydrogen-bond donors (Lipinski definition) is 1. The summed E-state index contributed by atoms with van der Waals surface area (Å²) in [5.41, 5.74) is 3.33. The summed E-state index contributed by atoms with van der Waals surface area (Å²) in [4.78, 5) is 20.1. The van der Waals surface area contributed by atoms with E-state index in [2.05, 4.69) is 23.8 Å². The maximum absolute atomic E-state index is 11.3. The van der Waals surface area contributed by atoms with E-state index in [-0.39, 0.29) is 4.88 Å². The van der Waals surface area contributed by atoms with Crippen molar-refractivity contribution in [3.63, 3.8) is 0 Å². The van der Waals surface area contributed by atoms with Crippen LogP contribution in [0, 0.1) is 12.8 Å². The van der Waals surface area contributed by atoms with Crippen molar-refractivity contribution in [1.82, 2.24) is 9.97 Å². The van der Waals surface area contributed by atoms with Crippen molar-refractivity contribution in [3.05, 3.63) is 53.3 Å². The number of pyridine rings is 1. The number of benzene rings is 1. The molecule has 0 bridgehead atoms. The maximum atomic E-state index is 11.3. The van der Waals surface area contributed by atoms with Crippen LogP contribution < -0.4 is 4.74 Å². The minimum Gasteiger partial charge on any atom is -0.493 e. The van der Waals surface area contributed by atoms with Gasteiger partial charge in [-0.1, -0.05) is 13.8 Å². The van der Waals surface area contributed by atoms with Crippen LogP contribution in [0.1, 0.15) is 29.2 Å². The van der Waals surface area contributed by atoms with Crippen LogP contribution in [-0.4, -0.2) is 27.7 Å². The molecule has 0 radical (unpaired) electrons. The SMILES string of the molecule is Cc1nc(-c2ccc(OCC(C)C)c(-c3ccncc3)c2)sc1C(=O)O. The quantitative estimate of drug-likeness (QED) is 0.669. The Bertz CT molecular complexity index is 920. The van der Waals surface area contributed by atoms with E-state index >= 15 is 0 Å². The fourth-order valence-corrected chi connectivity index (χ4v) is 3.42. The number of hydrogen-bond acceptors (Lipinski definition) is 5. The molecule has 0 aliphatic carbocycles. The number of carboxylic acid groups (broad SMARTS) is 1. The predicted octanol–water partition coefficient (Wildman–Crippen LogP) is 4.91. The molecule has 3 aromatic rings. The molecule has 134 valence electrons. The summed E-state index contributed by atoms with van der Waals surface area (Å²) in [6, 6.07) is 9.69. The molecule has 0 amide bonds.